The first kappa shape index (κ1) is 14.0. The molecule has 0 saturated carbocycles. The monoisotopic (exact) mass is 281 g/mol. The maximum absolute atomic E-state index is 9.72. The van der Waals surface area contributed by atoms with Gasteiger partial charge in [-0.1, -0.05) is 24.3 Å². The molecule has 1 atom stereocenters. The molecule has 1 N–H and O–H groups in total. The Morgan fingerprint density at radius 3 is 2.76 bits per heavy atom. The molecule has 0 spiro atoms. The van der Waals surface area contributed by atoms with Crippen LogP contribution >= 0.6 is 0 Å². The number of phenolic OH excluding ortho intramolecular Hbond substituents is 1. The highest BCUT2D eigenvalue weighted by Crippen LogP contribution is 2.38. The second-order valence-corrected chi connectivity index (χ2v) is 5.86. The zero-order valence-corrected chi connectivity index (χ0v) is 12.8. The molecule has 2 aromatic rings. The molecule has 0 radical (unpaired) electrons. The molecule has 21 heavy (non-hydrogen) atoms. The number of hydrogen-bond acceptors (Lipinski definition) is 2. The van der Waals surface area contributed by atoms with Crippen molar-refractivity contribution in [2.24, 2.45) is 0 Å². The highest BCUT2D eigenvalue weighted by Gasteiger charge is 2.26. The number of para-hydroxylation sites is 1. The second kappa shape index (κ2) is 5.80. The first-order chi connectivity index (χ1) is 10.2. The Morgan fingerprint density at radius 2 is 2.00 bits per heavy atom. The number of rotatable bonds is 3. The molecule has 110 valence electrons. The summed E-state index contributed by atoms with van der Waals surface area (Å²) in [5.74, 6) is 0.383. The Bertz CT molecular complexity index is 635. The first-order valence-electron chi connectivity index (χ1n) is 7.84. The largest absolute Gasteiger partial charge is 0.508 e. The summed E-state index contributed by atoms with van der Waals surface area (Å²) in [7, 11) is 0. The molecule has 0 aromatic heterocycles. The molecule has 2 aromatic carbocycles. The predicted molar refractivity (Wildman–Crippen MR) is 88.0 cm³/mol. The standard InChI is InChI=1S/C19H23NO/c1-3-20(18-9-5-4-7-14(18)2)19-10-6-8-15-13-16(21)11-12-17(15)19/h4-5,7,9,11-13,19,21H,3,6,8,10H2,1-2H3. The lowest BCUT2D eigenvalue weighted by Gasteiger charge is -2.37. The molecule has 0 saturated heterocycles. The lowest BCUT2D eigenvalue weighted by molar-refractivity contribution is 0.469. The quantitative estimate of drug-likeness (QED) is 0.888. The third kappa shape index (κ3) is 2.63. The van der Waals surface area contributed by atoms with Crippen molar-refractivity contribution in [3.05, 3.63) is 59.2 Å². The number of aromatic hydroxyl groups is 1. The summed E-state index contributed by atoms with van der Waals surface area (Å²) in [6.07, 6.45) is 3.44. The Labute approximate surface area is 127 Å². The zero-order valence-electron chi connectivity index (χ0n) is 12.8. The van der Waals surface area contributed by atoms with Crippen molar-refractivity contribution in [3.63, 3.8) is 0 Å². The van der Waals surface area contributed by atoms with E-state index in [1.807, 2.05) is 12.1 Å². The molecule has 1 unspecified atom stereocenters. The molecule has 0 bridgehead atoms. The van der Waals surface area contributed by atoms with E-state index in [1.165, 1.54) is 35.2 Å². The van der Waals surface area contributed by atoms with E-state index < -0.39 is 0 Å². The van der Waals surface area contributed by atoms with Gasteiger partial charge in [0.15, 0.2) is 0 Å². The molecule has 2 heteroatoms. The number of phenols is 1. The van der Waals surface area contributed by atoms with Crippen LogP contribution in [0.3, 0.4) is 0 Å². The van der Waals surface area contributed by atoms with Crippen molar-refractivity contribution in [2.45, 2.75) is 39.2 Å². The Balaban J connectivity index is 2.02. The van der Waals surface area contributed by atoms with Gasteiger partial charge in [-0.25, -0.2) is 0 Å². The number of nitrogens with zero attached hydrogens (tertiary/aromatic N) is 1. The van der Waals surface area contributed by atoms with Gasteiger partial charge in [0.05, 0.1) is 6.04 Å². The van der Waals surface area contributed by atoms with E-state index in [0.29, 0.717) is 11.8 Å². The van der Waals surface area contributed by atoms with Crippen LogP contribution in [-0.2, 0) is 6.42 Å². The summed E-state index contributed by atoms with van der Waals surface area (Å²) in [6, 6.07) is 14.9. The van der Waals surface area contributed by atoms with E-state index in [-0.39, 0.29) is 0 Å². The van der Waals surface area contributed by atoms with Gasteiger partial charge in [0.1, 0.15) is 5.75 Å². The maximum atomic E-state index is 9.72. The number of anilines is 1. The molecule has 0 fully saturated rings. The van der Waals surface area contributed by atoms with Crippen molar-refractivity contribution < 1.29 is 5.11 Å². The van der Waals surface area contributed by atoms with E-state index in [0.717, 1.165) is 13.0 Å². The molecule has 1 aliphatic carbocycles. The van der Waals surface area contributed by atoms with Gasteiger partial charge in [-0.05, 0) is 68.0 Å². The van der Waals surface area contributed by atoms with Crippen LogP contribution < -0.4 is 4.90 Å². The average molecular weight is 281 g/mol. The Kier molecular flexibility index (Phi) is 3.87. The summed E-state index contributed by atoms with van der Waals surface area (Å²) < 4.78 is 0. The van der Waals surface area contributed by atoms with Crippen LogP contribution in [0.5, 0.6) is 5.75 Å². The summed E-state index contributed by atoms with van der Waals surface area (Å²) in [5, 5.41) is 9.72. The highest BCUT2D eigenvalue weighted by molar-refractivity contribution is 5.56. The fourth-order valence-electron chi connectivity index (χ4n) is 3.54. The topological polar surface area (TPSA) is 23.5 Å². The normalized spacial score (nSPS) is 17.3. The fourth-order valence-corrected chi connectivity index (χ4v) is 3.54. The number of benzene rings is 2. The van der Waals surface area contributed by atoms with Crippen molar-refractivity contribution in [2.75, 3.05) is 11.4 Å². The van der Waals surface area contributed by atoms with Gasteiger partial charge in [-0.15, -0.1) is 0 Å². The van der Waals surface area contributed by atoms with Crippen LogP contribution in [0.1, 0.15) is 42.5 Å². The maximum Gasteiger partial charge on any atom is 0.115 e. The minimum Gasteiger partial charge on any atom is -0.508 e. The van der Waals surface area contributed by atoms with E-state index in [2.05, 4.69) is 49.1 Å². The summed E-state index contributed by atoms with van der Waals surface area (Å²) in [5.41, 5.74) is 5.33. The number of fused-ring (bicyclic) bond motifs is 1. The van der Waals surface area contributed by atoms with Gasteiger partial charge >= 0.3 is 0 Å². The predicted octanol–water partition coefficient (Wildman–Crippen LogP) is 4.60. The molecule has 1 aliphatic rings. The molecule has 2 nitrogen and oxygen atoms in total. The average Bonchev–Trinajstić information content (AvgIpc) is 2.49. The molecular weight excluding hydrogens is 258 g/mol. The van der Waals surface area contributed by atoms with Crippen LogP contribution in [-0.4, -0.2) is 11.7 Å². The fraction of sp³-hybridized carbons (Fsp3) is 0.368. The molecule has 0 aliphatic heterocycles. The summed E-state index contributed by atoms with van der Waals surface area (Å²) >= 11 is 0. The van der Waals surface area contributed by atoms with Gasteiger partial charge in [0.2, 0.25) is 0 Å². The van der Waals surface area contributed by atoms with Crippen LogP contribution in [0, 0.1) is 6.92 Å². The van der Waals surface area contributed by atoms with E-state index in [9.17, 15) is 5.11 Å². The number of hydrogen-bond donors (Lipinski definition) is 1. The van der Waals surface area contributed by atoms with Crippen molar-refractivity contribution in [1.82, 2.24) is 0 Å². The first-order valence-corrected chi connectivity index (χ1v) is 7.84. The minimum atomic E-state index is 0.383. The summed E-state index contributed by atoms with van der Waals surface area (Å²) in [6.45, 7) is 5.40. The highest BCUT2D eigenvalue weighted by atomic mass is 16.3. The summed E-state index contributed by atoms with van der Waals surface area (Å²) in [4.78, 5) is 2.50. The zero-order chi connectivity index (χ0) is 14.8. The van der Waals surface area contributed by atoms with Gasteiger partial charge < -0.3 is 10.0 Å². The Hall–Kier alpha value is -1.96. The third-order valence-corrected chi connectivity index (χ3v) is 4.55. The van der Waals surface area contributed by atoms with Crippen LogP contribution in [0.4, 0.5) is 5.69 Å². The smallest absolute Gasteiger partial charge is 0.115 e. The lowest BCUT2D eigenvalue weighted by atomic mass is 9.86. The van der Waals surface area contributed by atoms with Crippen LogP contribution in [0.25, 0.3) is 0 Å². The van der Waals surface area contributed by atoms with E-state index in [4.69, 9.17) is 0 Å². The number of aryl methyl sites for hydroxylation is 2. The van der Waals surface area contributed by atoms with Gasteiger partial charge in [-0.3, -0.25) is 0 Å². The molecular formula is C19H23NO. The van der Waals surface area contributed by atoms with E-state index in [1.54, 1.807) is 0 Å². The van der Waals surface area contributed by atoms with Crippen LogP contribution in [0.15, 0.2) is 42.5 Å². The molecule has 0 amide bonds. The van der Waals surface area contributed by atoms with Crippen molar-refractivity contribution >= 4 is 5.69 Å². The van der Waals surface area contributed by atoms with Crippen LogP contribution in [0.2, 0.25) is 0 Å². The van der Waals surface area contributed by atoms with Crippen molar-refractivity contribution in [3.8, 4) is 5.75 Å². The third-order valence-electron chi connectivity index (χ3n) is 4.55. The minimum absolute atomic E-state index is 0.383. The van der Waals surface area contributed by atoms with Gasteiger partial charge in [-0.2, -0.15) is 0 Å². The van der Waals surface area contributed by atoms with E-state index >= 15 is 0 Å². The van der Waals surface area contributed by atoms with Gasteiger partial charge in [0.25, 0.3) is 0 Å². The SMILES string of the molecule is CCN(c1ccccc1C)C1CCCc2cc(O)ccc21. The lowest BCUT2D eigenvalue weighted by Crippen LogP contribution is -2.31. The molecule has 3 rings (SSSR count). The molecule has 0 heterocycles. The van der Waals surface area contributed by atoms with Crippen molar-refractivity contribution in [1.29, 1.82) is 0 Å². The van der Waals surface area contributed by atoms with Gasteiger partial charge in [0, 0.05) is 12.2 Å². The second-order valence-electron chi connectivity index (χ2n) is 5.86. The Morgan fingerprint density at radius 1 is 1.19 bits per heavy atom.